The predicted octanol–water partition coefficient (Wildman–Crippen LogP) is 1.80. The van der Waals surface area contributed by atoms with E-state index in [1.54, 1.807) is 0 Å². The van der Waals surface area contributed by atoms with E-state index in [0.717, 1.165) is 22.1 Å². The van der Waals surface area contributed by atoms with Gasteiger partial charge < -0.3 is 0 Å². The summed E-state index contributed by atoms with van der Waals surface area (Å²) in [7, 11) is -3.34. The monoisotopic (exact) mass is 304 g/mol. The van der Waals surface area contributed by atoms with Gasteiger partial charge in [-0.1, -0.05) is 15.9 Å². The van der Waals surface area contributed by atoms with Gasteiger partial charge in [0.1, 0.15) is 0 Å². The number of halogens is 1. The number of benzene rings is 1. The maximum atomic E-state index is 11.8. The SMILES string of the molecule is Cc1cc(Br)ccc1N1CCCNS1(=O)=O. The minimum absolute atomic E-state index is 0.522. The van der Waals surface area contributed by atoms with E-state index in [1.165, 1.54) is 4.31 Å². The Kier molecular flexibility index (Phi) is 3.23. The second kappa shape index (κ2) is 4.35. The highest BCUT2D eigenvalue weighted by molar-refractivity contribution is 9.10. The Balaban J connectivity index is 2.43. The summed E-state index contributed by atoms with van der Waals surface area (Å²) in [5, 5.41) is 0. The smallest absolute Gasteiger partial charge is 0.258 e. The zero-order chi connectivity index (χ0) is 11.8. The van der Waals surface area contributed by atoms with E-state index >= 15 is 0 Å². The van der Waals surface area contributed by atoms with Crippen molar-refractivity contribution in [1.29, 1.82) is 0 Å². The zero-order valence-electron chi connectivity index (χ0n) is 8.90. The van der Waals surface area contributed by atoms with E-state index in [4.69, 9.17) is 0 Å². The Morgan fingerprint density at radius 2 is 2.19 bits per heavy atom. The van der Waals surface area contributed by atoms with Crippen LogP contribution in [-0.4, -0.2) is 21.5 Å². The van der Waals surface area contributed by atoms with E-state index in [1.807, 2.05) is 25.1 Å². The number of nitrogens with one attached hydrogen (secondary N) is 1. The average Bonchev–Trinajstić information content (AvgIpc) is 2.19. The van der Waals surface area contributed by atoms with E-state index in [9.17, 15) is 8.42 Å². The summed E-state index contributed by atoms with van der Waals surface area (Å²) in [5.41, 5.74) is 1.69. The molecule has 2 rings (SSSR count). The van der Waals surface area contributed by atoms with E-state index in [-0.39, 0.29) is 0 Å². The molecule has 1 aromatic carbocycles. The summed E-state index contributed by atoms with van der Waals surface area (Å²) in [6, 6.07) is 5.59. The van der Waals surface area contributed by atoms with Crippen LogP contribution in [0.2, 0.25) is 0 Å². The Labute approximate surface area is 104 Å². The lowest BCUT2D eigenvalue weighted by atomic mass is 10.2. The largest absolute Gasteiger partial charge is 0.301 e. The highest BCUT2D eigenvalue weighted by atomic mass is 79.9. The summed E-state index contributed by atoms with van der Waals surface area (Å²) < 4.78 is 28.6. The third-order valence-electron chi connectivity index (χ3n) is 2.54. The van der Waals surface area contributed by atoms with Crippen molar-refractivity contribution in [3.05, 3.63) is 28.2 Å². The van der Waals surface area contributed by atoms with Crippen LogP contribution in [0.3, 0.4) is 0 Å². The normalized spacial score (nSPS) is 19.8. The Hall–Kier alpha value is -0.590. The molecule has 0 bridgehead atoms. The second-order valence-electron chi connectivity index (χ2n) is 3.76. The molecule has 0 amide bonds. The van der Waals surface area contributed by atoms with Crippen molar-refractivity contribution < 1.29 is 8.42 Å². The van der Waals surface area contributed by atoms with E-state index in [2.05, 4.69) is 20.7 Å². The topological polar surface area (TPSA) is 49.4 Å². The molecular formula is C10H13BrN2O2S. The quantitative estimate of drug-likeness (QED) is 0.860. The molecule has 1 aliphatic heterocycles. The summed E-state index contributed by atoms with van der Waals surface area (Å²) in [6.45, 7) is 2.97. The third-order valence-corrected chi connectivity index (χ3v) is 4.56. The van der Waals surface area contributed by atoms with E-state index in [0.29, 0.717) is 13.1 Å². The fourth-order valence-electron chi connectivity index (χ4n) is 1.77. The van der Waals surface area contributed by atoms with Gasteiger partial charge in [0.05, 0.1) is 5.69 Å². The van der Waals surface area contributed by atoms with Crippen molar-refractivity contribution >= 4 is 31.8 Å². The molecule has 1 saturated heterocycles. The molecule has 0 aromatic heterocycles. The Morgan fingerprint density at radius 3 is 2.81 bits per heavy atom. The molecule has 0 saturated carbocycles. The van der Waals surface area contributed by atoms with Crippen LogP contribution in [0.25, 0.3) is 0 Å². The van der Waals surface area contributed by atoms with Gasteiger partial charge in [-0.25, -0.2) is 0 Å². The van der Waals surface area contributed by atoms with Crippen molar-refractivity contribution in [3.63, 3.8) is 0 Å². The molecule has 1 fully saturated rings. The van der Waals surface area contributed by atoms with Gasteiger partial charge in [-0.05, 0) is 37.1 Å². The Morgan fingerprint density at radius 1 is 1.44 bits per heavy atom. The van der Waals surface area contributed by atoms with Gasteiger partial charge in [-0.3, -0.25) is 4.31 Å². The molecule has 0 unspecified atom stereocenters. The molecule has 1 aliphatic rings. The van der Waals surface area contributed by atoms with Gasteiger partial charge in [0, 0.05) is 17.6 Å². The molecule has 88 valence electrons. The van der Waals surface area contributed by atoms with Gasteiger partial charge in [-0.2, -0.15) is 13.1 Å². The maximum Gasteiger partial charge on any atom is 0.301 e. The number of aryl methyl sites for hydroxylation is 1. The van der Waals surface area contributed by atoms with Crippen molar-refractivity contribution in [2.75, 3.05) is 17.4 Å². The van der Waals surface area contributed by atoms with Crippen LogP contribution in [0.4, 0.5) is 5.69 Å². The molecule has 1 N–H and O–H groups in total. The summed E-state index contributed by atoms with van der Waals surface area (Å²) >= 11 is 3.37. The minimum atomic E-state index is -3.34. The van der Waals surface area contributed by atoms with Crippen molar-refractivity contribution in [2.45, 2.75) is 13.3 Å². The summed E-state index contributed by atoms with van der Waals surface area (Å²) in [6.07, 6.45) is 0.828. The number of hydrogen-bond donors (Lipinski definition) is 1. The molecular weight excluding hydrogens is 292 g/mol. The molecule has 1 heterocycles. The van der Waals surface area contributed by atoms with Gasteiger partial charge in [0.25, 0.3) is 0 Å². The van der Waals surface area contributed by atoms with E-state index < -0.39 is 10.2 Å². The Bertz CT molecular complexity index is 502. The predicted molar refractivity (Wildman–Crippen MR) is 67.8 cm³/mol. The van der Waals surface area contributed by atoms with Crippen LogP contribution in [0.5, 0.6) is 0 Å². The third kappa shape index (κ3) is 2.23. The fraction of sp³-hybridized carbons (Fsp3) is 0.400. The lowest BCUT2D eigenvalue weighted by Crippen LogP contribution is -2.47. The van der Waals surface area contributed by atoms with Gasteiger partial charge in [-0.15, -0.1) is 0 Å². The maximum absolute atomic E-state index is 11.8. The van der Waals surface area contributed by atoms with Crippen LogP contribution >= 0.6 is 15.9 Å². The minimum Gasteiger partial charge on any atom is -0.258 e. The lowest BCUT2D eigenvalue weighted by Gasteiger charge is -2.29. The lowest BCUT2D eigenvalue weighted by molar-refractivity contribution is 0.560. The van der Waals surface area contributed by atoms with Crippen molar-refractivity contribution in [3.8, 4) is 0 Å². The number of rotatable bonds is 1. The van der Waals surface area contributed by atoms with Gasteiger partial charge in [0.15, 0.2) is 0 Å². The van der Waals surface area contributed by atoms with Gasteiger partial charge >= 0.3 is 10.2 Å². The van der Waals surface area contributed by atoms with Crippen LogP contribution in [-0.2, 0) is 10.2 Å². The first-order valence-electron chi connectivity index (χ1n) is 5.04. The van der Waals surface area contributed by atoms with Crippen molar-refractivity contribution in [2.24, 2.45) is 0 Å². The van der Waals surface area contributed by atoms with Crippen LogP contribution in [0, 0.1) is 6.92 Å². The standard InChI is InChI=1S/C10H13BrN2O2S/c1-8-7-9(11)3-4-10(8)13-6-2-5-12-16(13,14)15/h3-4,7,12H,2,5-6H2,1H3. The average molecular weight is 305 g/mol. The highest BCUT2D eigenvalue weighted by Crippen LogP contribution is 2.26. The second-order valence-corrected chi connectivity index (χ2v) is 6.35. The molecule has 0 spiro atoms. The molecule has 0 atom stereocenters. The zero-order valence-corrected chi connectivity index (χ0v) is 11.3. The van der Waals surface area contributed by atoms with Crippen LogP contribution < -0.4 is 9.03 Å². The number of hydrogen-bond acceptors (Lipinski definition) is 2. The summed E-state index contributed by atoms with van der Waals surface area (Å²) in [4.78, 5) is 0. The first-order valence-corrected chi connectivity index (χ1v) is 7.27. The van der Waals surface area contributed by atoms with Gasteiger partial charge in [0.2, 0.25) is 0 Å². The number of nitrogens with zero attached hydrogens (tertiary/aromatic N) is 1. The highest BCUT2D eigenvalue weighted by Gasteiger charge is 2.26. The molecule has 16 heavy (non-hydrogen) atoms. The molecule has 1 aromatic rings. The fourth-order valence-corrected chi connectivity index (χ4v) is 3.64. The molecule has 4 nitrogen and oxygen atoms in total. The molecule has 6 heteroatoms. The van der Waals surface area contributed by atoms with Crippen molar-refractivity contribution in [1.82, 2.24) is 4.72 Å². The van der Waals surface area contributed by atoms with Crippen LogP contribution in [0.1, 0.15) is 12.0 Å². The number of anilines is 1. The molecule has 0 aliphatic carbocycles. The first-order chi connectivity index (χ1) is 7.50. The molecule has 0 radical (unpaired) electrons. The first kappa shape index (κ1) is 11.9. The summed E-state index contributed by atoms with van der Waals surface area (Å²) in [5.74, 6) is 0. The van der Waals surface area contributed by atoms with Crippen LogP contribution in [0.15, 0.2) is 22.7 Å².